The zero-order chi connectivity index (χ0) is 8.48. The molecular weight excluding hydrogens is 154 g/mol. The fourth-order valence-corrected chi connectivity index (χ4v) is 0.528. The van der Waals surface area contributed by atoms with E-state index in [1.165, 1.54) is 0 Å². The molecule has 0 spiro atoms. The minimum Gasteiger partial charge on any atom is -0.343 e. The van der Waals surface area contributed by atoms with E-state index in [4.69, 9.17) is 13.1 Å². The summed E-state index contributed by atoms with van der Waals surface area (Å²) in [6.07, 6.45) is -0.208. The molecule has 0 bridgehead atoms. The Kier molecular flexibility index (Phi) is 1.56. The molecule has 0 atom stereocenters. The molecule has 0 aliphatic rings. The van der Waals surface area contributed by atoms with Gasteiger partial charge in [-0.2, -0.15) is 4.98 Å². The lowest BCUT2D eigenvalue weighted by atomic mass is 10.1. The number of nitrogens with one attached hydrogen (secondary N) is 1. The van der Waals surface area contributed by atoms with Crippen LogP contribution in [-0.2, 0) is 5.54 Å². The lowest BCUT2D eigenvalue weighted by Gasteiger charge is -2.16. The Bertz CT molecular complexity index is 250. The van der Waals surface area contributed by atoms with Crippen molar-refractivity contribution in [3.63, 3.8) is 0 Å². The number of aromatic nitrogens is 2. The molecule has 0 fully saturated rings. The highest BCUT2D eigenvalue weighted by molar-refractivity contribution is 6.13. The molecule has 0 radical (unpaired) electrons. The second-order valence-corrected chi connectivity index (χ2v) is 2.62. The van der Waals surface area contributed by atoms with Crippen molar-refractivity contribution in [3.05, 3.63) is 12.2 Å². The molecule has 5 heteroatoms. The third-order valence-electron chi connectivity index (χ3n) is 1.12. The summed E-state index contributed by atoms with van der Waals surface area (Å²) in [5.74, 6) is 0.373. The van der Waals surface area contributed by atoms with Crippen molar-refractivity contribution in [2.24, 2.45) is 0 Å². The van der Waals surface area contributed by atoms with Gasteiger partial charge >= 0.3 is 0 Å². The van der Waals surface area contributed by atoms with Crippen LogP contribution in [0.4, 0.5) is 0 Å². The molecule has 56 valence electrons. The first-order valence-electron chi connectivity index (χ1n) is 3.25. The first kappa shape index (κ1) is 6.12. The summed E-state index contributed by atoms with van der Waals surface area (Å²) in [7, 11) is 0. The lowest BCUT2D eigenvalue weighted by molar-refractivity contribution is 0.379. The van der Waals surface area contributed by atoms with E-state index in [9.17, 15) is 0 Å². The molecule has 0 aliphatic heterocycles. The van der Waals surface area contributed by atoms with Gasteiger partial charge in [0.25, 0.3) is 0 Å². The van der Waals surface area contributed by atoms with Gasteiger partial charge in [-0.1, -0.05) is 5.16 Å². The molecule has 0 saturated carbocycles. The monoisotopic (exact) mass is 162 g/mol. The van der Waals surface area contributed by atoms with Crippen LogP contribution < -0.4 is 4.84 Å². The quantitative estimate of drug-likeness (QED) is 0.661. The van der Waals surface area contributed by atoms with Gasteiger partial charge in [0.1, 0.15) is 1.37 Å². The van der Waals surface area contributed by atoms with Gasteiger partial charge < -0.3 is 4.52 Å². The van der Waals surface area contributed by atoms with E-state index in [0.29, 0.717) is 5.82 Å². The van der Waals surface area contributed by atoms with Crippen LogP contribution in [0.15, 0.2) is 10.9 Å². The minimum atomic E-state index is -0.565. The maximum Gasteiger partial charge on any atom is 0.213 e. The van der Waals surface area contributed by atoms with Crippen molar-refractivity contribution < 1.29 is 5.89 Å². The van der Waals surface area contributed by atoms with Gasteiger partial charge in [-0.15, -0.1) is 0 Å². The summed E-state index contributed by atoms with van der Waals surface area (Å²) in [5.41, 5.74) is -0.565. The zero-order valence-corrected chi connectivity index (χ0v) is 6.44. The van der Waals surface area contributed by atoms with Crippen molar-refractivity contribution in [3.8, 4) is 0 Å². The molecule has 1 rings (SSSR count). The number of nitrogens with zero attached hydrogens (tertiary/aromatic N) is 2. The van der Waals surface area contributed by atoms with Gasteiger partial charge in [0.05, 0.1) is 5.54 Å². The van der Waals surface area contributed by atoms with Gasteiger partial charge in [0.15, 0.2) is 5.82 Å². The standard InChI is InChI=1S/C5H8ClN3O/c1-5(2,9-6)4-7-3-10-8-4/h3,9H,1-2H3/i3D. The second kappa shape index (κ2) is 2.56. The average molecular weight is 163 g/mol. The average Bonchev–Trinajstić information content (AvgIpc) is 2.36. The molecular formula is C5H8ClN3O. The Hall–Kier alpha value is -0.610. The fraction of sp³-hybridized carbons (Fsp3) is 0.600. The molecule has 4 nitrogen and oxygen atoms in total. The summed E-state index contributed by atoms with van der Waals surface area (Å²) < 4.78 is 11.4. The van der Waals surface area contributed by atoms with Crippen molar-refractivity contribution in [2.75, 3.05) is 0 Å². The molecule has 1 N–H and O–H groups in total. The molecule has 0 unspecified atom stereocenters. The first-order valence-corrected chi connectivity index (χ1v) is 3.12. The number of hydrogen-bond acceptors (Lipinski definition) is 4. The van der Waals surface area contributed by atoms with Crippen LogP contribution in [0.3, 0.4) is 0 Å². The number of hydrogen-bond donors (Lipinski definition) is 1. The van der Waals surface area contributed by atoms with Gasteiger partial charge in [-0.25, -0.2) is 4.84 Å². The van der Waals surface area contributed by atoms with Crippen LogP contribution in [0.2, 0.25) is 0 Å². The van der Waals surface area contributed by atoms with Gasteiger partial charge in [-0.3, -0.25) is 0 Å². The van der Waals surface area contributed by atoms with E-state index in [1.54, 1.807) is 13.8 Å². The van der Waals surface area contributed by atoms with Gasteiger partial charge in [0, 0.05) is 0 Å². The number of halogens is 1. The Morgan fingerprint density at radius 3 is 3.00 bits per heavy atom. The van der Waals surface area contributed by atoms with Crippen LogP contribution in [0, 0.1) is 0 Å². The van der Waals surface area contributed by atoms with Gasteiger partial charge in [-0.05, 0) is 25.6 Å². The largest absolute Gasteiger partial charge is 0.343 e. The molecule has 0 aromatic carbocycles. The maximum absolute atomic E-state index is 6.96. The van der Waals surface area contributed by atoms with Crippen LogP contribution in [0.25, 0.3) is 0 Å². The van der Waals surface area contributed by atoms with Crippen LogP contribution in [0.5, 0.6) is 0 Å². The van der Waals surface area contributed by atoms with Crippen molar-refractivity contribution in [2.45, 2.75) is 19.4 Å². The van der Waals surface area contributed by atoms with E-state index in [-0.39, 0.29) is 6.37 Å². The highest BCUT2D eigenvalue weighted by Gasteiger charge is 2.23. The smallest absolute Gasteiger partial charge is 0.213 e. The topological polar surface area (TPSA) is 51.0 Å². The highest BCUT2D eigenvalue weighted by atomic mass is 35.5. The predicted molar refractivity (Wildman–Crippen MR) is 36.3 cm³/mol. The SMILES string of the molecule is [2H]c1nc(C(C)(C)NCl)no1. The van der Waals surface area contributed by atoms with E-state index in [1.807, 2.05) is 0 Å². The Morgan fingerprint density at radius 1 is 1.90 bits per heavy atom. The Labute approximate surface area is 65.1 Å². The predicted octanol–water partition coefficient (Wildman–Crippen LogP) is 1.05. The molecule has 1 heterocycles. The summed E-state index contributed by atoms with van der Waals surface area (Å²) in [5, 5.41) is 3.54. The molecule has 0 aliphatic carbocycles. The van der Waals surface area contributed by atoms with E-state index in [0.717, 1.165) is 0 Å². The minimum absolute atomic E-state index is 0.208. The van der Waals surface area contributed by atoms with Crippen molar-refractivity contribution >= 4 is 11.8 Å². The second-order valence-electron chi connectivity index (χ2n) is 2.43. The van der Waals surface area contributed by atoms with Crippen LogP contribution in [-0.4, -0.2) is 10.1 Å². The molecule has 1 aromatic rings. The normalized spacial score (nSPS) is 13.3. The lowest BCUT2D eigenvalue weighted by Crippen LogP contribution is -2.30. The molecule has 0 saturated heterocycles. The highest BCUT2D eigenvalue weighted by Crippen LogP contribution is 2.14. The van der Waals surface area contributed by atoms with Crippen LogP contribution in [0.1, 0.15) is 21.0 Å². The summed E-state index contributed by atoms with van der Waals surface area (Å²) in [6, 6.07) is 0. The third kappa shape index (κ3) is 1.27. The fourth-order valence-electron chi connectivity index (χ4n) is 0.444. The zero-order valence-electron chi connectivity index (χ0n) is 6.68. The van der Waals surface area contributed by atoms with Crippen LogP contribution >= 0.6 is 11.8 Å². The van der Waals surface area contributed by atoms with Crippen molar-refractivity contribution in [1.29, 1.82) is 0 Å². The molecule has 10 heavy (non-hydrogen) atoms. The molecule has 0 amide bonds. The molecule has 1 aromatic heterocycles. The Balaban J connectivity index is 2.92. The summed E-state index contributed by atoms with van der Waals surface area (Å²) >= 11 is 5.40. The summed E-state index contributed by atoms with van der Waals surface area (Å²) in [6.45, 7) is 3.56. The Morgan fingerprint density at radius 2 is 2.60 bits per heavy atom. The van der Waals surface area contributed by atoms with E-state index >= 15 is 0 Å². The van der Waals surface area contributed by atoms with E-state index in [2.05, 4.69) is 19.5 Å². The van der Waals surface area contributed by atoms with E-state index < -0.39 is 5.54 Å². The first-order chi connectivity index (χ1) is 5.06. The maximum atomic E-state index is 6.96. The van der Waals surface area contributed by atoms with Crippen molar-refractivity contribution in [1.82, 2.24) is 15.0 Å². The summed E-state index contributed by atoms with van der Waals surface area (Å²) in [4.78, 5) is 6.17. The number of rotatable bonds is 2. The van der Waals surface area contributed by atoms with Gasteiger partial charge in [0.2, 0.25) is 6.37 Å². The third-order valence-corrected chi connectivity index (χ3v) is 1.59.